The Bertz CT molecular complexity index is 1580. The number of nitrogens with zero attached hydrogens (tertiary/aromatic N) is 8. The lowest BCUT2D eigenvalue weighted by Crippen LogP contribution is -2.48. The summed E-state index contributed by atoms with van der Waals surface area (Å²) in [6.07, 6.45) is -0.251. The van der Waals surface area contributed by atoms with Gasteiger partial charge in [-0.15, -0.1) is 0 Å². The zero-order chi connectivity index (χ0) is 30.3. The highest BCUT2D eigenvalue weighted by atomic mass is 19.4. The second-order valence-corrected chi connectivity index (χ2v) is 11.5. The van der Waals surface area contributed by atoms with Crippen LogP contribution in [-0.4, -0.2) is 91.2 Å². The van der Waals surface area contributed by atoms with E-state index in [9.17, 15) is 18.0 Å². The van der Waals surface area contributed by atoms with Crippen LogP contribution in [0.25, 0.3) is 28.1 Å². The molecule has 1 aliphatic rings. The maximum absolute atomic E-state index is 12.9. The average Bonchev–Trinajstić information content (AvgIpc) is 3.50. The van der Waals surface area contributed by atoms with Crippen LogP contribution in [0.1, 0.15) is 27.7 Å². The number of anilines is 1. The number of ether oxygens (including phenoxy) is 2. The molecule has 0 saturated carbocycles. The molecule has 0 aromatic carbocycles. The van der Waals surface area contributed by atoms with E-state index in [1.54, 1.807) is 35.2 Å². The molecule has 4 aromatic heterocycles. The molecule has 0 bridgehead atoms. The van der Waals surface area contributed by atoms with Crippen molar-refractivity contribution in [2.75, 3.05) is 38.2 Å². The smallest absolute Gasteiger partial charge is 0.410 e. The maximum atomic E-state index is 12.9. The molecule has 0 spiro atoms. The van der Waals surface area contributed by atoms with Gasteiger partial charge in [0.15, 0.2) is 5.82 Å². The Balaban J connectivity index is 1.42. The summed E-state index contributed by atoms with van der Waals surface area (Å²) >= 11 is 0. The SMILES string of the molecule is CO[C@@]1(C)CN(C(=O)OC(C)(C)C)CCN(c2cccc(-n3ncc4cnc(-c5ccn(CC(F)(F)F)n5)cc43)n2)C1. The van der Waals surface area contributed by atoms with E-state index < -0.39 is 30.0 Å². The van der Waals surface area contributed by atoms with Gasteiger partial charge in [-0.1, -0.05) is 6.07 Å². The number of hydrogen-bond acceptors (Lipinski definition) is 8. The first kappa shape index (κ1) is 29.3. The van der Waals surface area contributed by atoms with Crippen molar-refractivity contribution in [3.63, 3.8) is 0 Å². The highest BCUT2D eigenvalue weighted by molar-refractivity contribution is 5.82. The molecule has 14 heteroatoms. The summed E-state index contributed by atoms with van der Waals surface area (Å²) < 4.78 is 52.3. The number of hydrogen-bond donors (Lipinski definition) is 0. The predicted molar refractivity (Wildman–Crippen MR) is 149 cm³/mol. The number of halogens is 3. The van der Waals surface area contributed by atoms with Crippen molar-refractivity contribution >= 4 is 22.8 Å². The Morgan fingerprint density at radius 1 is 1.05 bits per heavy atom. The largest absolute Gasteiger partial charge is 0.444 e. The molecular weight excluding hydrogens is 553 g/mol. The molecule has 1 amide bonds. The van der Waals surface area contributed by atoms with Crippen molar-refractivity contribution in [3.05, 3.63) is 48.9 Å². The van der Waals surface area contributed by atoms with Crippen molar-refractivity contribution in [2.45, 2.75) is 51.6 Å². The van der Waals surface area contributed by atoms with Crippen LogP contribution in [0.3, 0.4) is 0 Å². The quantitative estimate of drug-likeness (QED) is 0.332. The molecule has 0 unspecified atom stereocenters. The summed E-state index contributed by atoms with van der Waals surface area (Å²) in [5.74, 6) is 1.21. The molecule has 0 N–H and O–H groups in total. The highest BCUT2D eigenvalue weighted by Crippen LogP contribution is 2.27. The first-order valence-corrected chi connectivity index (χ1v) is 13.4. The number of alkyl halides is 3. The summed E-state index contributed by atoms with van der Waals surface area (Å²) in [7, 11) is 1.62. The summed E-state index contributed by atoms with van der Waals surface area (Å²) in [6, 6.07) is 8.78. The van der Waals surface area contributed by atoms with E-state index in [4.69, 9.17) is 14.5 Å². The number of rotatable bonds is 5. The number of carbonyl (C=O) groups excluding carboxylic acids is 1. The monoisotopic (exact) mass is 586 g/mol. The molecule has 11 nitrogen and oxygen atoms in total. The number of aromatic nitrogens is 6. The van der Waals surface area contributed by atoms with E-state index in [0.717, 1.165) is 10.1 Å². The van der Waals surface area contributed by atoms with Gasteiger partial charge in [-0.3, -0.25) is 9.67 Å². The molecule has 1 fully saturated rings. The Kier molecular flexibility index (Phi) is 7.60. The summed E-state index contributed by atoms with van der Waals surface area (Å²) in [6.45, 7) is 8.01. The van der Waals surface area contributed by atoms with Gasteiger partial charge in [0.1, 0.15) is 29.3 Å². The van der Waals surface area contributed by atoms with Gasteiger partial charge in [0, 0.05) is 44.5 Å². The van der Waals surface area contributed by atoms with Gasteiger partial charge in [0.05, 0.1) is 24.0 Å². The molecule has 4 aromatic rings. The van der Waals surface area contributed by atoms with Crippen molar-refractivity contribution < 1.29 is 27.4 Å². The third kappa shape index (κ3) is 6.64. The standard InChI is InChI=1S/C28H33F3N8O3/c1-26(2,3)42-25(40)37-12-11-36(16-27(4,17-37)41-5)23-7-6-8-24(34-23)39-22-13-21(32-14-19(22)15-33-39)20-9-10-38(35-20)18-28(29,30)31/h6-10,13-15H,11-12,16-18H2,1-5H3/t27-/m1/s1. The molecule has 42 heavy (non-hydrogen) atoms. The van der Waals surface area contributed by atoms with Gasteiger partial charge in [-0.05, 0) is 52.0 Å². The van der Waals surface area contributed by atoms with Crippen LogP contribution in [0.15, 0.2) is 48.9 Å². The van der Waals surface area contributed by atoms with Gasteiger partial charge < -0.3 is 19.3 Å². The number of fused-ring (bicyclic) bond motifs is 1. The van der Waals surface area contributed by atoms with Gasteiger partial charge in [-0.25, -0.2) is 14.5 Å². The lowest BCUT2D eigenvalue weighted by molar-refractivity contribution is -0.142. The molecule has 0 aliphatic carbocycles. The first-order valence-electron chi connectivity index (χ1n) is 13.4. The Labute approximate surface area is 240 Å². The van der Waals surface area contributed by atoms with Crippen LogP contribution in [-0.2, 0) is 16.0 Å². The van der Waals surface area contributed by atoms with Crippen LogP contribution < -0.4 is 4.90 Å². The Hall–Kier alpha value is -4.20. The molecule has 1 saturated heterocycles. The minimum atomic E-state index is -4.38. The molecule has 224 valence electrons. The molecule has 5 rings (SSSR count). The van der Waals surface area contributed by atoms with E-state index in [-0.39, 0.29) is 0 Å². The Morgan fingerprint density at radius 3 is 2.52 bits per heavy atom. The molecule has 1 aliphatic heterocycles. The van der Waals surface area contributed by atoms with Crippen molar-refractivity contribution in [1.29, 1.82) is 0 Å². The number of carbonyl (C=O) groups is 1. The first-order chi connectivity index (χ1) is 19.7. The van der Waals surface area contributed by atoms with Gasteiger partial charge in [-0.2, -0.15) is 23.4 Å². The summed E-state index contributed by atoms with van der Waals surface area (Å²) in [5, 5.41) is 9.27. The topological polar surface area (TPSA) is 103 Å². The highest BCUT2D eigenvalue weighted by Gasteiger charge is 2.37. The maximum Gasteiger partial charge on any atom is 0.410 e. The minimum Gasteiger partial charge on any atom is -0.444 e. The molecular formula is C28H33F3N8O3. The fourth-order valence-corrected chi connectivity index (χ4v) is 4.78. The predicted octanol–water partition coefficient (Wildman–Crippen LogP) is 4.70. The summed E-state index contributed by atoms with van der Waals surface area (Å²) in [4.78, 5) is 25.8. The number of methoxy groups -OCH3 is 1. The van der Waals surface area contributed by atoms with Gasteiger partial charge in [0.25, 0.3) is 0 Å². The van der Waals surface area contributed by atoms with E-state index in [0.29, 0.717) is 54.7 Å². The second-order valence-electron chi connectivity index (χ2n) is 11.5. The van der Waals surface area contributed by atoms with E-state index in [1.807, 2.05) is 45.9 Å². The van der Waals surface area contributed by atoms with Crippen LogP contribution in [0, 0.1) is 0 Å². The lowest BCUT2D eigenvalue weighted by Gasteiger charge is -2.34. The second kappa shape index (κ2) is 10.9. The zero-order valence-corrected chi connectivity index (χ0v) is 24.1. The van der Waals surface area contributed by atoms with Crippen molar-refractivity contribution in [2.24, 2.45) is 0 Å². The number of pyridine rings is 2. The Morgan fingerprint density at radius 2 is 1.81 bits per heavy atom. The third-order valence-electron chi connectivity index (χ3n) is 6.79. The molecule has 5 heterocycles. The summed E-state index contributed by atoms with van der Waals surface area (Å²) in [5.41, 5.74) is 0.0942. The van der Waals surface area contributed by atoms with E-state index in [1.165, 1.54) is 12.3 Å². The normalized spacial score (nSPS) is 18.4. The van der Waals surface area contributed by atoms with Crippen molar-refractivity contribution in [1.82, 2.24) is 34.4 Å². The van der Waals surface area contributed by atoms with Crippen LogP contribution in [0.2, 0.25) is 0 Å². The zero-order valence-electron chi connectivity index (χ0n) is 24.1. The van der Waals surface area contributed by atoms with Crippen LogP contribution in [0.4, 0.5) is 23.8 Å². The fourth-order valence-electron chi connectivity index (χ4n) is 4.78. The third-order valence-corrected chi connectivity index (χ3v) is 6.79. The van der Waals surface area contributed by atoms with Crippen molar-refractivity contribution in [3.8, 4) is 17.2 Å². The number of amides is 1. The van der Waals surface area contributed by atoms with Crippen LogP contribution in [0.5, 0.6) is 0 Å². The van der Waals surface area contributed by atoms with Gasteiger partial charge in [0.2, 0.25) is 0 Å². The lowest BCUT2D eigenvalue weighted by atomic mass is 10.1. The fraction of sp³-hybridized carbons (Fsp3) is 0.464. The van der Waals surface area contributed by atoms with Gasteiger partial charge >= 0.3 is 12.3 Å². The molecule has 0 radical (unpaired) electrons. The van der Waals surface area contributed by atoms with E-state index >= 15 is 0 Å². The van der Waals surface area contributed by atoms with Crippen LogP contribution >= 0.6 is 0 Å². The molecule has 1 atom stereocenters. The van der Waals surface area contributed by atoms with E-state index in [2.05, 4.69) is 20.1 Å². The minimum absolute atomic E-state index is 0.313. The average molecular weight is 587 g/mol.